The maximum absolute atomic E-state index is 12.1. The van der Waals surface area contributed by atoms with E-state index in [2.05, 4.69) is 37.1 Å². The van der Waals surface area contributed by atoms with Crippen LogP contribution < -0.4 is 19.7 Å². The smallest absolute Gasteiger partial charge is 0.251 e. The Balaban J connectivity index is 1.35. The van der Waals surface area contributed by atoms with Crippen LogP contribution >= 0.6 is 15.9 Å². The van der Waals surface area contributed by atoms with Gasteiger partial charge in [-0.25, -0.2) is 0 Å². The van der Waals surface area contributed by atoms with Gasteiger partial charge in [-0.05, 0) is 55.8 Å². The Morgan fingerprint density at radius 3 is 2.40 bits per heavy atom. The number of anilines is 1. The average Bonchev–Trinajstić information content (AvgIpc) is 2.79. The third-order valence-corrected chi connectivity index (χ3v) is 5.92. The predicted molar refractivity (Wildman–Crippen MR) is 124 cm³/mol. The number of hydrogen-bond acceptors (Lipinski definition) is 5. The zero-order valence-corrected chi connectivity index (χ0v) is 19.3. The number of rotatable bonds is 9. The average molecular weight is 476 g/mol. The zero-order valence-electron chi connectivity index (χ0n) is 17.7. The van der Waals surface area contributed by atoms with Crippen molar-refractivity contribution < 1.29 is 14.3 Å². The van der Waals surface area contributed by atoms with Gasteiger partial charge in [0.25, 0.3) is 5.91 Å². The Labute approximate surface area is 187 Å². The van der Waals surface area contributed by atoms with Gasteiger partial charge in [-0.1, -0.05) is 15.9 Å². The lowest BCUT2D eigenvalue weighted by atomic mass is 10.2. The van der Waals surface area contributed by atoms with Gasteiger partial charge in [0.1, 0.15) is 11.5 Å². The number of carbonyl (C=O) groups is 1. The van der Waals surface area contributed by atoms with Crippen molar-refractivity contribution in [2.24, 2.45) is 0 Å². The third kappa shape index (κ3) is 6.12. The van der Waals surface area contributed by atoms with Crippen LogP contribution in [0.15, 0.2) is 46.9 Å². The van der Waals surface area contributed by atoms with Crippen LogP contribution in [0.1, 0.15) is 23.2 Å². The van der Waals surface area contributed by atoms with E-state index < -0.39 is 0 Å². The van der Waals surface area contributed by atoms with E-state index >= 15 is 0 Å². The molecule has 1 aliphatic rings. The highest BCUT2D eigenvalue weighted by Crippen LogP contribution is 2.32. The number of methoxy groups -OCH3 is 2. The summed E-state index contributed by atoms with van der Waals surface area (Å²) in [6, 6.07) is 13.4. The topological polar surface area (TPSA) is 54.0 Å². The standard InChI is InChI=1S/C23H30BrN3O3/c1-29-20-9-10-21(22(17-20)30-2)27-15-13-26(14-16-27)12-4-3-11-25-23(28)18-5-7-19(24)8-6-18/h5-10,17H,3-4,11-16H2,1-2H3,(H,25,28). The number of nitrogens with zero attached hydrogens (tertiary/aromatic N) is 2. The molecule has 1 amide bonds. The molecule has 0 saturated carbocycles. The molecule has 0 aromatic heterocycles. The van der Waals surface area contributed by atoms with Crippen LogP contribution in [0.4, 0.5) is 5.69 Å². The lowest BCUT2D eigenvalue weighted by Gasteiger charge is -2.36. The highest BCUT2D eigenvalue weighted by Gasteiger charge is 2.19. The van der Waals surface area contributed by atoms with Crippen LogP contribution in [0.2, 0.25) is 0 Å². The molecule has 3 rings (SSSR count). The summed E-state index contributed by atoms with van der Waals surface area (Å²) in [6.07, 6.45) is 2.06. The molecule has 0 radical (unpaired) electrons. The van der Waals surface area contributed by atoms with E-state index in [1.807, 2.05) is 36.4 Å². The number of unbranched alkanes of at least 4 members (excludes halogenated alkanes) is 1. The summed E-state index contributed by atoms with van der Waals surface area (Å²) in [6.45, 7) is 5.77. The van der Waals surface area contributed by atoms with Gasteiger partial charge in [0.05, 0.1) is 19.9 Å². The summed E-state index contributed by atoms with van der Waals surface area (Å²) in [5.41, 5.74) is 1.82. The van der Waals surface area contributed by atoms with Crippen molar-refractivity contribution in [2.75, 3.05) is 58.4 Å². The van der Waals surface area contributed by atoms with Crippen LogP contribution in [-0.2, 0) is 0 Å². The summed E-state index contributed by atoms with van der Waals surface area (Å²) in [5, 5.41) is 3.00. The SMILES string of the molecule is COc1ccc(N2CCN(CCCCNC(=O)c3ccc(Br)cc3)CC2)c(OC)c1. The van der Waals surface area contributed by atoms with Crippen molar-refractivity contribution in [2.45, 2.75) is 12.8 Å². The number of hydrogen-bond donors (Lipinski definition) is 1. The molecule has 0 bridgehead atoms. The maximum atomic E-state index is 12.1. The van der Waals surface area contributed by atoms with E-state index in [0.717, 1.165) is 67.2 Å². The van der Waals surface area contributed by atoms with Crippen LogP contribution in [0.5, 0.6) is 11.5 Å². The molecule has 1 heterocycles. The van der Waals surface area contributed by atoms with Gasteiger partial charge in [-0.3, -0.25) is 9.69 Å². The minimum atomic E-state index is -0.00967. The molecule has 1 saturated heterocycles. The van der Waals surface area contributed by atoms with Crippen LogP contribution in [-0.4, -0.2) is 64.3 Å². The Kier molecular flexibility index (Phi) is 8.39. The maximum Gasteiger partial charge on any atom is 0.251 e. The number of piperazine rings is 1. The molecule has 30 heavy (non-hydrogen) atoms. The molecule has 0 unspecified atom stereocenters. The lowest BCUT2D eigenvalue weighted by molar-refractivity contribution is 0.0952. The first-order valence-electron chi connectivity index (χ1n) is 10.3. The number of benzene rings is 2. The second-order valence-corrected chi connectivity index (χ2v) is 8.25. The molecule has 2 aromatic carbocycles. The van der Waals surface area contributed by atoms with Crippen molar-refractivity contribution in [1.29, 1.82) is 0 Å². The molecule has 1 N–H and O–H groups in total. The Morgan fingerprint density at radius 1 is 1.00 bits per heavy atom. The number of nitrogens with one attached hydrogen (secondary N) is 1. The van der Waals surface area contributed by atoms with E-state index in [1.54, 1.807) is 14.2 Å². The van der Waals surface area contributed by atoms with Crippen molar-refractivity contribution in [3.63, 3.8) is 0 Å². The van der Waals surface area contributed by atoms with Gasteiger partial charge in [0.2, 0.25) is 0 Å². The van der Waals surface area contributed by atoms with Crippen LogP contribution in [0, 0.1) is 0 Å². The second kappa shape index (κ2) is 11.2. The zero-order chi connectivity index (χ0) is 21.3. The van der Waals surface area contributed by atoms with Crippen molar-refractivity contribution in [3.8, 4) is 11.5 Å². The second-order valence-electron chi connectivity index (χ2n) is 7.34. The van der Waals surface area contributed by atoms with Gasteiger partial charge in [0, 0.05) is 48.8 Å². The molecule has 0 atom stereocenters. The number of halogens is 1. The van der Waals surface area contributed by atoms with Gasteiger partial charge >= 0.3 is 0 Å². The highest BCUT2D eigenvalue weighted by molar-refractivity contribution is 9.10. The van der Waals surface area contributed by atoms with Gasteiger partial charge in [0.15, 0.2) is 0 Å². The summed E-state index contributed by atoms with van der Waals surface area (Å²) in [7, 11) is 3.36. The van der Waals surface area contributed by atoms with E-state index in [0.29, 0.717) is 12.1 Å². The lowest BCUT2D eigenvalue weighted by Crippen LogP contribution is -2.46. The van der Waals surface area contributed by atoms with Gasteiger partial charge < -0.3 is 19.7 Å². The molecule has 0 spiro atoms. The van der Waals surface area contributed by atoms with E-state index in [4.69, 9.17) is 9.47 Å². The molecular weight excluding hydrogens is 446 g/mol. The van der Waals surface area contributed by atoms with Crippen molar-refractivity contribution >= 4 is 27.5 Å². The summed E-state index contributed by atoms with van der Waals surface area (Å²) >= 11 is 3.38. The third-order valence-electron chi connectivity index (χ3n) is 5.39. The first-order valence-corrected chi connectivity index (χ1v) is 11.1. The normalized spacial score (nSPS) is 14.4. The number of amides is 1. The first kappa shape index (κ1) is 22.4. The Hall–Kier alpha value is -2.25. The Bertz CT molecular complexity index is 821. The Morgan fingerprint density at radius 2 is 1.73 bits per heavy atom. The largest absolute Gasteiger partial charge is 0.497 e. The van der Waals surface area contributed by atoms with Gasteiger partial charge in [-0.2, -0.15) is 0 Å². The van der Waals surface area contributed by atoms with Crippen molar-refractivity contribution in [3.05, 3.63) is 52.5 Å². The highest BCUT2D eigenvalue weighted by atomic mass is 79.9. The minimum absolute atomic E-state index is 0.00967. The molecular formula is C23H30BrN3O3. The fourth-order valence-corrected chi connectivity index (χ4v) is 3.89. The molecule has 162 valence electrons. The quantitative estimate of drug-likeness (QED) is 0.559. The number of carbonyl (C=O) groups excluding carboxylic acids is 1. The first-order chi connectivity index (χ1) is 14.6. The fourth-order valence-electron chi connectivity index (χ4n) is 3.62. The predicted octanol–water partition coefficient (Wildman–Crippen LogP) is 3.80. The summed E-state index contributed by atoms with van der Waals surface area (Å²) in [5.74, 6) is 1.65. The molecule has 1 aliphatic heterocycles. The number of ether oxygens (including phenoxy) is 2. The minimum Gasteiger partial charge on any atom is -0.497 e. The fraction of sp³-hybridized carbons (Fsp3) is 0.435. The van der Waals surface area contributed by atoms with Crippen LogP contribution in [0.25, 0.3) is 0 Å². The summed E-state index contributed by atoms with van der Waals surface area (Å²) in [4.78, 5) is 17.0. The molecule has 7 heteroatoms. The van der Waals surface area contributed by atoms with E-state index in [9.17, 15) is 4.79 Å². The summed E-state index contributed by atoms with van der Waals surface area (Å²) < 4.78 is 11.8. The van der Waals surface area contributed by atoms with E-state index in [1.165, 1.54) is 0 Å². The van der Waals surface area contributed by atoms with E-state index in [-0.39, 0.29) is 5.91 Å². The molecule has 0 aliphatic carbocycles. The molecule has 2 aromatic rings. The monoisotopic (exact) mass is 475 g/mol. The molecule has 6 nitrogen and oxygen atoms in total. The van der Waals surface area contributed by atoms with Crippen molar-refractivity contribution in [1.82, 2.24) is 10.2 Å². The van der Waals surface area contributed by atoms with Gasteiger partial charge in [-0.15, -0.1) is 0 Å². The van der Waals surface area contributed by atoms with Crippen LogP contribution in [0.3, 0.4) is 0 Å². The molecule has 1 fully saturated rings.